The van der Waals surface area contributed by atoms with Crippen LogP contribution in [0, 0.1) is 0 Å². The van der Waals surface area contributed by atoms with Gasteiger partial charge in [0.05, 0.1) is 0 Å². The van der Waals surface area contributed by atoms with Crippen molar-refractivity contribution in [3.8, 4) is 0 Å². The highest BCUT2D eigenvalue weighted by Crippen LogP contribution is 1.79. The second-order valence-corrected chi connectivity index (χ2v) is 1.57. The van der Waals surface area contributed by atoms with Gasteiger partial charge in [-0.25, -0.2) is 4.31 Å². The van der Waals surface area contributed by atoms with Gasteiger partial charge in [-0.2, -0.15) is 0 Å². The third-order valence-corrected chi connectivity index (χ3v) is 0.704. The van der Waals surface area contributed by atoms with E-state index >= 15 is 0 Å². The molecule has 0 aliphatic carbocycles. The fourth-order valence-electron chi connectivity index (χ4n) is 0. The molecular weight excluding hydrogens is 82.1 g/mol. The second-order valence-electron chi connectivity index (χ2n) is 0.944. The summed E-state index contributed by atoms with van der Waals surface area (Å²) in [7, 11) is 1.87. The molecule has 0 aromatic heterocycles. The lowest BCUT2D eigenvalue weighted by Crippen LogP contribution is -2.00. The first-order valence-corrected chi connectivity index (χ1v) is 2.02. The lowest BCUT2D eigenvalue weighted by Gasteiger charge is -1.96. The highest BCUT2D eigenvalue weighted by Gasteiger charge is 1.75. The van der Waals surface area contributed by atoms with Crippen LogP contribution in [-0.2, 0) is 0 Å². The molecule has 1 radical (unpaired) electrons. The zero-order chi connectivity index (χ0) is 4.28. The highest BCUT2D eigenvalue weighted by atomic mass is 32.1. The maximum Gasteiger partial charge on any atom is 0.00810 e. The molecule has 0 heterocycles. The molecule has 31 valence electrons. The van der Waals surface area contributed by atoms with Crippen molar-refractivity contribution >= 4 is 12.8 Å². The lowest BCUT2D eigenvalue weighted by molar-refractivity contribution is 0.611. The van der Waals surface area contributed by atoms with Gasteiger partial charge < -0.3 is 0 Å². The van der Waals surface area contributed by atoms with E-state index in [-0.39, 0.29) is 0 Å². The normalized spacial score (nSPS) is 9.60. The molecule has 0 fully saturated rings. The molecule has 0 atom stereocenters. The molecule has 1 nitrogen and oxygen atoms in total. The quantitative estimate of drug-likeness (QED) is 0.465. The number of hydrogen-bond acceptors (Lipinski definition) is 1. The van der Waals surface area contributed by atoms with E-state index in [2.05, 4.69) is 12.8 Å². The van der Waals surface area contributed by atoms with Crippen molar-refractivity contribution in [2.75, 3.05) is 13.6 Å². The van der Waals surface area contributed by atoms with Crippen LogP contribution < -0.4 is 0 Å². The average Bonchev–Trinajstić information content (AvgIpc) is 1.38. The molecule has 5 heavy (non-hydrogen) atoms. The van der Waals surface area contributed by atoms with Crippen LogP contribution in [0.1, 0.15) is 6.92 Å². The fourth-order valence-corrected chi connectivity index (χ4v) is 0. The minimum atomic E-state index is 0.954. The Hall–Kier alpha value is 0.310. The molecule has 0 unspecified atom stereocenters. The van der Waals surface area contributed by atoms with Gasteiger partial charge in [0.25, 0.3) is 0 Å². The summed E-state index contributed by atoms with van der Waals surface area (Å²) in [5.74, 6) is 0. The van der Waals surface area contributed by atoms with Gasteiger partial charge in [0.2, 0.25) is 0 Å². The molecule has 0 saturated heterocycles. The Balaban J connectivity index is 2.54. The Kier molecular flexibility index (Phi) is 2.70. The van der Waals surface area contributed by atoms with E-state index in [1.54, 1.807) is 4.31 Å². The van der Waals surface area contributed by atoms with Gasteiger partial charge in [0.15, 0.2) is 0 Å². The summed E-state index contributed by atoms with van der Waals surface area (Å²) in [5.41, 5.74) is 0. The summed E-state index contributed by atoms with van der Waals surface area (Å²) in [6.07, 6.45) is 0. The van der Waals surface area contributed by atoms with Crippen molar-refractivity contribution in [2.45, 2.75) is 6.92 Å². The summed E-state index contributed by atoms with van der Waals surface area (Å²) < 4.78 is 1.71. The Bertz CT molecular complexity index is 20.9. The monoisotopic (exact) mass is 90.0 g/mol. The number of nitrogens with zero attached hydrogens (tertiary/aromatic N) is 1. The van der Waals surface area contributed by atoms with Crippen LogP contribution in [-0.4, -0.2) is 17.9 Å². The molecule has 0 aliphatic rings. The van der Waals surface area contributed by atoms with Crippen molar-refractivity contribution in [3.63, 3.8) is 0 Å². The van der Waals surface area contributed by atoms with Crippen LogP contribution >= 0.6 is 12.8 Å². The van der Waals surface area contributed by atoms with Crippen LogP contribution in [0.5, 0.6) is 0 Å². The average molecular weight is 90.2 g/mol. The fraction of sp³-hybridized carbons (Fsp3) is 1.00. The summed E-state index contributed by atoms with van der Waals surface area (Å²) in [5, 5.41) is 0. The molecule has 0 N–H and O–H groups in total. The zero-order valence-electron chi connectivity index (χ0n) is 3.56. The lowest BCUT2D eigenvalue weighted by atomic mass is 10.8. The third-order valence-electron chi connectivity index (χ3n) is 0.445. The topological polar surface area (TPSA) is 3.24 Å². The third kappa shape index (κ3) is 4.31. The molecule has 0 aliphatic heterocycles. The summed E-state index contributed by atoms with van der Waals surface area (Å²) in [4.78, 5) is 0. The standard InChI is InChI=1S/C3H8NS/c1-3-4(2)5/h3H2,1-2H3. The summed E-state index contributed by atoms with van der Waals surface area (Å²) >= 11 is 4.61. The van der Waals surface area contributed by atoms with E-state index in [0.29, 0.717) is 0 Å². The molecule has 0 spiro atoms. The van der Waals surface area contributed by atoms with Gasteiger partial charge in [-0.3, -0.25) is 0 Å². The first-order valence-electron chi connectivity index (χ1n) is 1.65. The molecular formula is C3H8NS. The second kappa shape index (κ2) is 2.54. The molecule has 0 bridgehead atoms. The smallest absolute Gasteiger partial charge is 0.00810 e. The first kappa shape index (κ1) is 5.31. The molecule has 0 aromatic carbocycles. The Morgan fingerprint density at radius 1 is 1.80 bits per heavy atom. The minimum Gasteiger partial charge on any atom is -0.244 e. The van der Waals surface area contributed by atoms with Crippen molar-refractivity contribution in [1.82, 2.24) is 4.31 Å². The van der Waals surface area contributed by atoms with Crippen molar-refractivity contribution in [2.24, 2.45) is 0 Å². The largest absolute Gasteiger partial charge is 0.244 e. The van der Waals surface area contributed by atoms with Gasteiger partial charge in [-0.1, -0.05) is 6.92 Å². The van der Waals surface area contributed by atoms with Crippen LogP contribution in [0.25, 0.3) is 0 Å². The zero-order valence-corrected chi connectivity index (χ0v) is 4.38. The predicted octanol–water partition coefficient (Wildman–Crippen LogP) is 1.05. The maximum absolute atomic E-state index is 4.61. The number of rotatable bonds is 1. The van der Waals surface area contributed by atoms with E-state index in [1.807, 2.05) is 14.0 Å². The van der Waals surface area contributed by atoms with Crippen LogP contribution in [0.2, 0.25) is 0 Å². The Labute approximate surface area is 38.5 Å². The van der Waals surface area contributed by atoms with Gasteiger partial charge in [0, 0.05) is 19.4 Å². The Morgan fingerprint density at radius 3 is 2.00 bits per heavy atom. The van der Waals surface area contributed by atoms with E-state index in [4.69, 9.17) is 0 Å². The predicted molar refractivity (Wildman–Crippen MR) is 25.9 cm³/mol. The maximum atomic E-state index is 4.61. The first-order chi connectivity index (χ1) is 2.27. The molecule has 0 aromatic rings. The van der Waals surface area contributed by atoms with Crippen LogP contribution in [0.4, 0.5) is 0 Å². The van der Waals surface area contributed by atoms with Crippen molar-refractivity contribution in [1.29, 1.82) is 0 Å². The molecule has 0 saturated carbocycles. The van der Waals surface area contributed by atoms with Gasteiger partial charge in [0.1, 0.15) is 0 Å². The molecule has 0 amide bonds. The van der Waals surface area contributed by atoms with Crippen molar-refractivity contribution < 1.29 is 0 Å². The van der Waals surface area contributed by atoms with E-state index in [0.717, 1.165) is 6.54 Å². The van der Waals surface area contributed by atoms with E-state index in [1.165, 1.54) is 0 Å². The van der Waals surface area contributed by atoms with Crippen LogP contribution in [0.3, 0.4) is 0 Å². The van der Waals surface area contributed by atoms with E-state index < -0.39 is 0 Å². The highest BCUT2D eigenvalue weighted by molar-refractivity contribution is 7.77. The SMILES string of the molecule is CCN(C)[S]. The Morgan fingerprint density at radius 2 is 2.00 bits per heavy atom. The van der Waals surface area contributed by atoms with E-state index in [9.17, 15) is 0 Å². The number of hydrogen-bond donors (Lipinski definition) is 0. The molecule has 2 heteroatoms. The van der Waals surface area contributed by atoms with Crippen molar-refractivity contribution in [3.05, 3.63) is 0 Å². The minimum absolute atomic E-state index is 0.954. The van der Waals surface area contributed by atoms with Gasteiger partial charge in [-0.15, -0.1) is 0 Å². The van der Waals surface area contributed by atoms with Gasteiger partial charge >= 0.3 is 0 Å². The summed E-state index contributed by atoms with van der Waals surface area (Å²) in [6, 6.07) is 0. The molecule has 0 rings (SSSR count). The van der Waals surface area contributed by atoms with Crippen LogP contribution in [0.15, 0.2) is 0 Å². The summed E-state index contributed by atoms with van der Waals surface area (Å²) in [6.45, 7) is 2.97. The van der Waals surface area contributed by atoms with Gasteiger partial charge in [-0.05, 0) is 7.05 Å².